The van der Waals surface area contributed by atoms with E-state index in [9.17, 15) is 35.8 Å². The summed E-state index contributed by atoms with van der Waals surface area (Å²) >= 11 is 0. The van der Waals surface area contributed by atoms with Crippen molar-refractivity contribution in [3.63, 3.8) is 0 Å². The molecule has 5 amide bonds. The van der Waals surface area contributed by atoms with E-state index in [4.69, 9.17) is 18.1 Å². The number of ether oxygens (including phenoxy) is 1. The summed E-state index contributed by atoms with van der Waals surface area (Å²) in [6.07, 6.45) is 14.8. The highest BCUT2D eigenvalue weighted by Crippen LogP contribution is 2.41. The lowest BCUT2D eigenvalue weighted by atomic mass is 10.0. The number of unbranched alkanes of at least 4 members (excludes halogenated alkanes) is 4. The number of rotatable bonds is 20. The number of hydrogen-bond acceptors (Lipinski definition) is 19. The number of quaternary nitrogens is 1. The van der Waals surface area contributed by atoms with Crippen LogP contribution in [0.1, 0.15) is 193 Å². The molecule has 6 aliphatic heterocycles. The SMILES string of the molecule is CC(C)(C)OC(=O)N1CCCC[C@@H]1c1nnc([C@@H]2CC[C@@H]3CN2C(=O)N3OS(=O)(=O)[O-])o1.CCCC[N+](CCCC)(CCCC)CCCC.O=C1N2C[C@@H](CC[C@H]2c2nnc([C@H]3CNCCN3)o2)N1OS(=O)(=O)O. The lowest BCUT2D eigenvalue weighted by Gasteiger charge is -2.39. The van der Waals surface area contributed by atoms with Gasteiger partial charge in [-0.25, -0.2) is 22.8 Å². The number of aromatic nitrogens is 4. The highest BCUT2D eigenvalue weighted by atomic mass is 32.3. The van der Waals surface area contributed by atoms with Gasteiger partial charge in [-0.05, 0) is 91.4 Å². The van der Waals surface area contributed by atoms with Crippen molar-refractivity contribution in [3.8, 4) is 0 Å². The van der Waals surface area contributed by atoms with E-state index in [1.807, 2.05) is 0 Å². The molecule has 26 nitrogen and oxygen atoms in total. The second-order valence-corrected chi connectivity index (χ2v) is 23.0. The zero-order valence-corrected chi connectivity index (χ0v) is 45.8. The van der Waals surface area contributed by atoms with Gasteiger partial charge in [0.1, 0.15) is 23.7 Å². The van der Waals surface area contributed by atoms with Gasteiger partial charge in [-0.1, -0.05) is 53.4 Å². The van der Waals surface area contributed by atoms with E-state index in [0.29, 0.717) is 67.1 Å². The predicted molar refractivity (Wildman–Crippen MR) is 264 cm³/mol. The predicted octanol–water partition coefficient (Wildman–Crippen LogP) is 5.85. The van der Waals surface area contributed by atoms with Gasteiger partial charge >= 0.3 is 28.6 Å². The molecular weight excluding hydrogens is 1010 g/mol. The molecule has 3 N–H and O–H groups in total. The Morgan fingerprint density at radius 2 is 1.18 bits per heavy atom. The van der Waals surface area contributed by atoms with Crippen molar-refractivity contribution in [1.82, 2.24) is 55.9 Å². The Kier molecular flexibility index (Phi) is 20.9. The summed E-state index contributed by atoms with van der Waals surface area (Å²) in [4.78, 5) is 42.0. The molecule has 420 valence electrons. The van der Waals surface area contributed by atoms with Crippen LogP contribution in [0.3, 0.4) is 0 Å². The average molecular weight is 1090 g/mol. The first-order valence-corrected chi connectivity index (χ1v) is 29.3. The first-order valence-electron chi connectivity index (χ1n) is 26.6. The second-order valence-electron chi connectivity index (χ2n) is 21.0. The highest BCUT2D eigenvalue weighted by molar-refractivity contribution is 7.81. The Hall–Kier alpha value is -4.29. The average Bonchev–Trinajstić information content (AvgIpc) is 4.15. The summed E-state index contributed by atoms with van der Waals surface area (Å²) < 4.78 is 90.8. The molecular formula is C46H80N12O14S2. The molecule has 0 aromatic carbocycles. The van der Waals surface area contributed by atoms with E-state index in [1.54, 1.807) is 25.7 Å². The van der Waals surface area contributed by atoms with Crippen LogP contribution in [0.4, 0.5) is 14.4 Å². The smallest absolute Gasteiger partial charge is 0.418 e. The van der Waals surface area contributed by atoms with Gasteiger partial charge in [0.25, 0.3) is 0 Å². The number of hydroxylamine groups is 4. The fourth-order valence-electron chi connectivity index (χ4n) is 10.4. The molecule has 6 atom stereocenters. The Balaban J connectivity index is 0.000000190. The monoisotopic (exact) mass is 1090 g/mol. The molecule has 8 heterocycles. The van der Waals surface area contributed by atoms with Crippen molar-refractivity contribution in [1.29, 1.82) is 0 Å². The molecule has 6 aliphatic rings. The quantitative estimate of drug-likeness (QED) is 0.0796. The van der Waals surface area contributed by atoms with Crippen LogP contribution in [0, 0.1) is 0 Å². The van der Waals surface area contributed by atoms with Gasteiger partial charge in [-0.15, -0.1) is 24.7 Å². The highest BCUT2D eigenvalue weighted by Gasteiger charge is 2.51. The van der Waals surface area contributed by atoms with Gasteiger partial charge in [-0.3, -0.25) is 9.45 Å². The molecule has 0 saturated carbocycles. The first-order chi connectivity index (χ1) is 35.1. The minimum atomic E-state index is -5.07. The van der Waals surface area contributed by atoms with E-state index >= 15 is 0 Å². The summed E-state index contributed by atoms with van der Waals surface area (Å²) in [5.41, 5.74) is -0.640. The van der Waals surface area contributed by atoms with E-state index in [2.05, 4.69) is 67.3 Å². The van der Waals surface area contributed by atoms with Gasteiger partial charge in [0.2, 0.25) is 34.0 Å². The molecule has 8 rings (SSSR count). The van der Waals surface area contributed by atoms with Crippen LogP contribution in [0.2, 0.25) is 0 Å². The standard InChI is InChI=1S/C18H27N5O8S.C16H36N.C12H18N6O6S/c1-18(2,3)30-17(25)21-9-5-4-6-12(21)14-19-20-15(29-14)13-8-7-11-10-22(13)16(24)23(11)31-32(26,27)28;1-5-9-13-17(14-10-6-2,15-11-7-3)16-12-8-4;19-12-17-6-7(18(12)24-25(20,21)22)1-2-9(17)11-16-15-10(23-11)8-5-13-3-4-14-8/h11-13H,4-10H2,1-3H3,(H,26,27,28);5-16H2,1-4H3;7-9,13-14H,1-6H2,(H,20,21,22)/q;+1;/p-1/t11-,12-,13+;;7-,8-,9+/m1.1/s1. The lowest BCUT2D eigenvalue weighted by Crippen LogP contribution is -2.50. The Morgan fingerprint density at radius 3 is 1.62 bits per heavy atom. The molecule has 0 aliphatic carbocycles. The van der Waals surface area contributed by atoms with Crippen molar-refractivity contribution >= 4 is 39.0 Å². The van der Waals surface area contributed by atoms with Gasteiger partial charge in [0.15, 0.2) is 0 Å². The molecule has 0 radical (unpaired) electrons. The van der Waals surface area contributed by atoms with E-state index < -0.39 is 74.8 Å². The van der Waals surface area contributed by atoms with E-state index in [1.165, 1.54) is 91.8 Å². The van der Waals surface area contributed by atoms with Crippen molar-refractivity contribution in [3.05, 3.63) is 23.6 Å². The fourth-order valence-corrected chi connectivity index (χ4v) is 11.2. The lowest BCUT2D eigenvalue weighted by molar-refractivity contribution is -0.929. The summed E-state index contributed by atoms with van der Waals surface area (Å²) in [7, 11) is -9.83. The maximum atomic E-state index is 12.7. The minimum absolute atomic E-state index is 0.0833. The third-order valence-corrected chi connectivity index (χ3v) is 14.9. The summed E-state index contributed by atoms with van der Waals surface area (Å²) in [6, 6.07) is -3.94. The number of piperidine rings is 3. The molecule has 4 bridgehead atoms. The third kappa shape index (κ3) is 15.9. The van der Waals surface area contributed by atoms with Crippen molar-refractivity contribution in [2.24, 2.45) is 0 Å². The fraction of sp³-hybridized carbons (Fsp3) is 0.848. The molecule has 6 saturated heterocycles. The van der Waals surface area contributed by atoms with Crippen LogP contribution < -0.4 is 10.6 Å². The van der Waals surface area contributed by atoms with Crippen molar-refractivity contribution in [2.45, 2.75) is 187 Å². The second kappa shape index (κ2) is 26.2. The van der Waals surface area contributed by atoms with Crippen LogP contribution in [-0.2, 0) is 34.1 Å². The first kappa shape index (κ1) is 59.0. The number of nitrogens with zero attached hydrogens (tertiary/aromatic N) is 10. The number of piperazine rings is 1. The van der Waals surface area contributed by atoms with Crippen LogP contribution >= 0.6 is 0 Å². The van der Waals surface area contributed by atoms with Crippen LogP contribution in [0.5, 0.6) is 0 Å². The zero-order valence-electron chi connectivity index (χ0n) is 44.2. The Morgan fingerprint density at radius 1 is 0.703 bits per heavy atom. The molecule has 28 heteroatoms. The molecule has 2 aromatic rings. The number of urea groups is 2. The number of fused-ring (bicyclic) bond motifs is 4. The van der Waals surface area contributed by atoms with E-state index in [0.717, 1.165) is 25.9 Å². The minimum Gasteiger partial charge on any atom is -0.724 e. The molecule has 2 aromatic heterocycles. The number of amides is 5. The largest absolute Gasteiger partial charge is 0.724 e. The number of nitrogens with one attached hydrogen (secondary N) is 2. The molecule has 6 fully saturated rings. The third-order valence-electron chi connectivity index (χ3n) is 14.2. The van der Waals surface area contributed by atoms with Gasteiger partial charge in [0.05, 0.1) is 44.3 Å². The summed E-state index contributed by atoms with van der Waals surface area (Å²) in [5.74, 6) is 1.20. The van der Waals surface area contributed by atoms with Crippen LogP contribution in [0.15, 0.2) is 8.83 Å². The number of carbonyl (C=O) groups excluding carboxylic acids is 3. The maximum Gasteiger partial charge on any atom is 0.418 e. The van der Waals surface area contributed by atoms with Gasteiger partial charge in [0, 0.05) is 39.3 Å². The molecule has 74 heavy (non-hydrogen) atoms. The number of likely N-dealkylation sites (tertiary alicyclic amines) is 1. The summed E-state index contributed by atoms with van der Waals surface area (Å²) in [5, 5.41) is 24.1. The maximum absolute atomic E-state index is 12.7. The van der Waals surface area contributed by atoms with E-state index in [-0.39, 0.29) is 30.9 Å². The van der Waals surface area contributed by atoms with Gasteiger partial charge in [-0.2, -0.15) is 22.8 Å². The topological polar surface area (TPSA) is 309 Å². The van der Waals surface area contributed by atoms with Crippen LogP contribution in [-0.4, -0.2) is 177 Å². The van der Waals surface area contributed by atoms with Gasteiger partial charge < -0.3 is 43.0 Å². The van der Waals surface area contributed by atoms with Crippen LogP contribution in [0.25, 0.3) is 0 Å². The Bertz CT molecular complexity index is 2320. The normalized spacial score (nSPS) is 24.4. The van der Waals surface area contributed by atoms with Crippen molar-refractivity contribution < 1.29 is 66.9 Å². The number of carbonyl (C=O) groups is 3. The summed E-state index contributed by atoms with van der Waals surface area (Å²) in [6.45, 7) is 23.7. The zero-order chi connectivity index (χ0) is 53.8. The molecule has 0 spiro atoms. The molecule has 0 unspecified atom stereocenters. The Labute approximate surface area is 435 Å². The van der Waals surface area contributed by atoms with Crippen molar-refractivity contribution in [2.75, 3.05) is 65.4 Å². The number of hydrogen-bond donors (Lipinski definition) is 3.